The number of carbonyl (C=O) groups excluding carboxylic acids is 1. The van der Waals surface area contributed by atoms with Crippen LogP contribution in [0.2, 0.25) is 0 Å². The average Bonchev–Trinajstić information content (AvgIpc) is 3.06. The quantitative estimate of drug-likeness (QED) is 0.800. The minimum atomic E-state index is 0.150. The van der Waals surface area contributed by atoms with Gasteiger partial charge >= 0.3 is 6.03 Å². The van der Waals surface area contributed by atoms with Crippen molar-refractivity contribution in [2.75, 3.05) is 57.4 Å². The Morgan fingerprint density at radius 3 is 2.43 bits per heavy atom. The fraction of sp³-hybridized carbons (Fsp3) is 0.500. The number of ether oxygens (including phenoxy) is 1. The number of carbonyl (C=O) groups is 1. The summed E-state index contributed by atoms with van der Waals surface area (Å²) in [6, 6.07) is 8.37. The maximum atomic E-state index is 12.5. The van der Waals surface area contributed by atoms with Crippen molar-refractivity contribution in [2.24, 2.45) is 0 Å². The fourth-order valence-electron chi connectivity index (χ4n) is 3.04. The van der Waals surface area contributed by atoms with E-state index in [-0.39, 0.29) is 6.03 Å². The minimum absolute atomic E-state index is 0.150. The summed E-state index contributed by atoms with van der Waals surface area (Å²) in [5.74, 6) is 0. The van der Waals surface area contributed by atoms with E-state index in [1.165, 1.54) is 4.70 Å². The summed E-state index contributed by atoms with van der Waals surface area (Å²) in [6.07, 6.45) is 0. The highest BCUT2D eigenvalue weighted by molar-refractivity contribution is 7.22. The number of amides is 2. The van der Waals surface area contributed by atoms with Gasteiger partial charge in [0.2, 0.25) is 0 Å². The largest absolute Gasteiger partial charge is 0.378 e. The van der Waals surface area contributed by atoms with Crippen molar-refractivity contribution in [3.8, 4) is 0 Å². The molecule has 0 bridgehead atoms. The molecule has 0 unspecified atom stereocenters. The number of hydrogen-bond donors (Lipinski definition) is 0. The Bertz CT molecular complexity index is 657. The van der Waals surface area contributed by atoms with Gasteiger partial charge in [0.1, 0.15) is 0 Å². The summed E-state index contributed by atoms with van der Waals surface area (Å²) < 4.78 is 6.53. The van der Waals surface area contributed by atoms with E-state index in [0.717, 1.165) is 36.8 Å². The van der Waals surface area contributed by atoms with Crippen LogP contribution in [0.1, 0.15) is 0 Å². The van der Waals surface area contributed by atoms with Crippen molar-refractivity contribution >= 4 is 32.7 Å². The van der Waals surface area contributed by atoms with Gasteiger partial charge in [0.25, 0.3) is 0 Å². The number of anilines is 1. The summed E-state index contributed by atoms with van der Waals surface area (Å²) in [7, 11) is 0. The number of para-hydroxylation sites is 1. The molecule has 0 spiro atoms. The number of piperazine rings is 1. The first-order chi connectivity index (χ1) is 11.3. The third-order valence-electron chi connectivity index (χ3n) is 4.38. The molecule has 6 nitrogen and oxygen atoms in total. The molecule has 2 amide bonds. The van der Waals surface area contributed by atoms with Gasteiger partial charge < -0.3 is 19.4 Å². The van der Waals surface area contributed by atoms with Crippen molar-refractivity contribution in [2.45, 2.75) is 0 Å². The van der Waals surface area contributed by atoms with Gasteiger partial charge in [0.15, 0.2) is 5.13 Å². The summed E-state index contributed by atoms with van der Waals surface area (Å²) >= 11 is 1.73. The first-order valence-corrected chi connectivity index (χ1v) is 8.85. The van der Waals surface area contributed by atoms with Crippen LogP contribution in [0.5, 0.6) is 0 Å². The Hall–Kier alpha value is -1.86. The molecule has 0 N–H and O–H groups in total. The molecule has 2 aliphatic rings. The first kappa shape index (κ1) is 14.7. The molecule has 1 aromatic heterocycles. The van der Waals surface area contributed by atoms with Crippen LogP contribution in [0.4, 0.5) is 9.93 Å². The molecule has 0 saturated carbocycles. The van der Waals surface area contributed by atoms with Crippen molar-refractivity contribution in [3.05, 3.63) is 24.3 Å². The van der Waals surface area contributed by atoms with E-state index >= 15 is 0 Å². The normalized spacial score (nSPS) is 19.4. The predicted molar refractivity (Wildman–Crippen MR) is 91.2 cm³/mol. The fourth-order valence-corrected chi connectivity index (χ4v) is 4.06. The van der Waals surface area contributed by atoms with Gasteiger partial charge in [-0.25, -0.2) is 9.78 Å². The Balaban J connectivity index is 1.39. The highest BCUT2D eigenvalue weighted by atomic mass is 32.1. The molecule has 4 rings (SSSR count). The molecule has 2 saturated heterocycles. The van der Waals surface area contributed by atoms with Crippen molar-refractivity contribution in [3.63, 3.8) is 0 Å². The Morgan fingerprint density at radius 1 is 1.00 bits per heavy atom. The van der Waals surface area contributed by atoms with Gasteiger partial charge in [-0.2, -0.15) is 0 Å². The maximum Gasteiger partial charge on any atom is 0.320 e. The average molecular weight is 332 g/mol. The number of hydrogen-bond acceptors (Lipinski definition) is 5. The summed E-state index contributed by atoms with van der Waals surface area (Å²) in [4.78, 5) is 23.4. The number of urea groups is 1. The molecule has 3 heterocycles. The first-order valence-electron chi connectivity index (χ1n) is 8.03. The molecule has 1 aromatic carbocycles. The summed E-state index contributed by atoms with van der Waals surface area (Å²) in [5, 5.41) is 1.06. The molecule has 23 heavy (non-hydrogen) atoms. The van der Waals surface area contributed by atoms with Gasteiger partial charge in [-0.05, 0) is 12.1 Å². The van der Waals surface area contributed by atoms with E-state index in [4.69, 9.17) is 9.72 Å². The lowest BCUT2D eigenvalue weighted by Crippen LogP contribution is -2.54. The molecular formula is C16H20N4O2S. The van der Waals surface area contributed by atoms with Gasteiger partial charge in [-0.1, -0.05) is 23.5 Å². The van der Waals surface area contributed by atoms with Gasteiger partial charge in [-0.15, -0.1) is 0 Å². The highest BCUT2D eigenvalue weighted by Crippen LogP contribution is 2.29. The lowest BCUT2D eigenvalue weighted by Gasteiger charge is -2.38. The van der Waals surface area contributed by atoms with Gasteiger partial charge in [-0.3, -0.25) is 0 Å². The van der Waals surface area contributed by atoms with E-state index in [9.17, 15) is 4.79 Å². The molecule has 122 valence electrons. The third kappa shape index (κ3) is 2.98. The predicted octanol–water partition coefficient (Wildman–Crippen LogP) is 1.87. The molecule has 7 heteroatoms. The molecule has 0 aliphatic carbocycles. The second-order valence-electron chi connectivity index (χ2n) is 5.82. The molecule has 2 aliphatic heterocycles. The lowest BCUT2D eigenvalue weighted by molar-refractivity contribution is 0.0428. The number of aromatic nitrogens is 1. The second-order valence-corrected chi connectivity index (χ2v) is 6.83. The van der Waals surface area contributed by atoms with Crippen LogP contribution in [0.3, 0.4) is 0 Å². The molecule has 0 atom stereocenters. The molecule has 2 fully saturated rings. The van der Waals surface area contributed by atoms with E-state index in [2.05, 4.69) is 11.0 Å². The van der Waals surface area contributed by atoms with E-state index < -0.39 is 0 Å². The Morgan fingerprint density at radius 2 is 1.70 bits per heavy atom. The van der Waals surface area contributed by atoms with Crippen LogP contribution in [0.25, 0.3) is 10.2 Å². The highest BCUT2D eigenvalue weighted by Gasteiger charge is 2.27. The van der Waals surface area contributed by atoms with Crippen molar-refractivity contribution in [1.82, 2.24) is 14.8 Å². The summed E-state index contributed by atoms with van der Waals surface area (Å²) in [5.41, 5.74) is 1.05. The van der Waals surface area contributed by atoms with Crippen LogP contribution in [0, 0.1) is 0 Å². The summed E-state index contributed by atoms with van der Waals surface area (Å²) in [6.45, 7) is 5.91. The van der Waals surface area contributed by atoms with Crippen LogP contribution in [-0.4, -0.2) is 73.3 Å². The zero-order chi connectivity index (χ0) is 15.6. The van der Waals surface area contributed by atoms with Crippen LogP contribution in [-0.2, 0) is 4.74 Å². The number of benzene rings is 1. The number of fused-ring (bicyclic) bond motifs is 1. The SMILES string of the molecule is O=C(N1CCOCC1)N1CCN(c2nc3ccccc3s2)CC1. The standard InChI is InChI=1S/C16H20N4O2S/c21-16(20-9-11-22-12-10-20)19-7-5-18(6-8-19)15-17-13-3-1-2-4-14(13)23-15/h1-4H,5-12H2. The van der Waals surface area contributed by atoms with E-state index in [1.807, 2.05) is 28.0 Å². The number of thiazole rings is 1. The monoisotopic (exact) mass is 332 g/mol. The lowest BCUT2D eigenvalue weighted by atomic mass is 10.3. The third-order valence-corrected chi connectivity index (χ3v) is 5.48. The van der Waals surface area contributed by atoms with Crippen LogP contribution >= 0.6 is 11.3 Å². The topological polar surface area (TPSA) is 48.9 Å². The number of rotatable bonds is 1. The number of nitrogens with zero attached hydrogens (tertiary/aromatic N) is 4. The van der Waals surface area contributed by atoms with Gasteiger partial charge in [0.05, 0.1) is 23.4 Å². The smallest absolute Gasteiger partial charge is 0.320 e. The number of morpholine rings is 1. The van der Waals surface area contributed by atoms with E-state index in [1.54, 1.807) is 11.3 Å². The van der Waals surface area contributed by atoms with E-state index in [0.29, 0.717) is 26.3 Å². The Kier molecular flexibility index (Phi) is 4.05. The zero-order valence-corrected chi connectivity index (χ0v) is 13.8. The molecule has 0 radical (unpaired) electrons. The molecule has 2 aromatic rings. The second kappa shape index (κ2) is 6.33. The van der Waals surface area contributed by atoms with Crippen LogP contribution in [0.15, 0.2) is 24.3 Å². The zero-order valence-electron chi connectivity index (χ0n) is 13.0. The van der Waals surface area contributed by atoms with Crippen LogP contribution < -0.4 is 4.90 Å². The minimum Gasteiger partial charge on any atom is -0.378 e. The maximum absolute atomic E-state index is 12.5. The van der Waals surface area contributed by atoms with Crippen molar-refractivity contribution < 1.29 is 9.53 Å². The molecular weight excluding hydrogens is 312 g/mol. The Labute approximate surface area is 139 Å². The van der Waals surface area contributed by atoms with Gasteiger partial charge in [0, 0.05) is 39.3 Å². The van der Waals surface area contributed by atoms with Crippen molar-refractivity contribution in [1.29, 1.82) is 0 Å².